The molecule has 0 saturated carbocycles. The molecule has 0 radical (unpaired) electrons. The van der Waals surface area contributed by atoms with Crippen LogP contribution >= 0.6 is 73.6 Å². The summed E-state index contributed by atoms with van der Waals surface area (Å²) >= 11 is 31.6. The van der Waals surface area contributed by atoms with Gasteiger partial charge in [0.25, 0.3) is 0 Å². The van der Waals surface area contributed by atoms with E-state index in [0.29, 0.717) is 0 Å². The van der Waals surface area contributed by atoms with Crippen LogP contribution in [0.15, 0.2) is 14.4 Å². The Labute approximate surface area is 87.6 Å². The summed E-state index contributed by atoms with van der Waals surface area (Å²) in [5.74, 6) is 0. The van der Waals surface area contributed by atoms with Crippen LogP contribution in [0.3, 0.4) is 0 Å². The summed E-state index contributed by atoms with van der Waals surface area (Å²) in [5.41, 5.74) is 0. The molecule has 60 valence electrons. The fraction of sp³-hybridized carbons (Fsp3) is 0. The first-order valence-electron chi connectivity index (χ1n) is 1.75. The van der Waals surface area contributed by atoms with Crippen molar-refractivity contribution in [2.45, 2.75) is 0 Å². The van der Waals surface area contributed by atoms with Crippen molar-refractivity contribution in [1.82, 2.24) is 0 Å². The zero-order chi connectivity index (χ0) is 8.36. The maximum atomic E-state index is 5.32. The van der Waals surface area contributed by atoms with E-state index in [0.717, 1.165) is 0 Å². The normalized spacial score (nSPS) is 11.0. The maximum absolute atomic E-state index is 5.32. The predicted molar refractivity (Wildman–Crippen MR) is 51.5 cm³/mol. The molecule has 0 bridgehead atoms. The minimum Gasteiger partial charge on any atom is -0.208 e. The summed E-state index contributed by atoms with van der Waals surface area (Å²) in [6.07, 6.45) is 0. The summed E-state index contributed by atoms with van der Waals surface area (Å²) in [6, 6.07) is 0. The van der Waals surface area contributed by atoms with E-state index in [4.69, 9.17) is 68.5 Å². The molecule has 0 aromatic carbocycles. The summed E-state index contributed by atoms with van der Waals surface area (Å²) < 4.78 is 3.18. The van der Waals surface area contributed by atoms with Gasteiger partial charge >= 0.3 is 0 Å². The third kappa shape index (κ3) is 6.42. The molecular formula is C2Cl6NP. The molecule has 0 unspecified atom stereocenters. The van der Waals surface area contributed by atoms with Crippen LogP contribution in [0.2, 0.25) is 0 Å². The molecule has 0 aromatic heterocycles. The van der Waals surface area contributed by atoms with Gasteiger partial charge in [0.2, 0.25) is 5.11 Å². The molecule has 0 rings (SSSR count). The summed E-state index contributed by atoms with van der Waals surface area (Å²) in [7, 11) is 0. The van der Waals surface area contributed by atoms with Gasteiger partial charge < -0.3 is 0 Å². The largest absolute Gasteiger partial charge is 0.230 e. The van der Waals surface area contributed by atoms with Gasteiger partial charge in [-0.05, 0) is 33.7 Å². The van der Waals surface area contributed by atoms with E-state index in [1.54, 1.807) is 0 Å². The monoisotopic (exact) mass is 279 g/mol. The first-order valence-corrected chi connectivity index (χ1v) is 7.34. The molecule has 0 saturated heterocycles. The van der Waals surface area contributed by atoms with Crippen molar-refractivity contribution < 1.29 is 0 Å². The van der Waals surface area contributed by atoms with E-state index in [9.17, 15) is 0 Å². The van der Waals surface area contributed by atoms with E-state index < -0.39 is 5.11 Å². The quantitative estimate of drug-likeness (QED) is 0.445. The lowest BCUT2D eigenvalue weighted by Crippen LogP contribution is -1.60. The standard InChI is InChI=1S/C2Cl6NP/c3-1(4)2(5)9-10(6,7)8. The van der Waals surface area contributed by atoms with Crippen molar-refractivity contribution >= 4 is 73.6 Å². The average Bonchev–Trinajstić information content (AvgIpc) is 1.60. The van der Waals surface area contributed by atoms with Crippen LogP contribution in [0.25, 0.3) is 0 Å². The Bertz CT molecular complexity index is 190. The van der Waals surface area contributed by atoms with E-state index in [2.05, 4.69) is 4.74 Å². The Morgan fingerprint density at radius 3 is 1.50 bits per heavy atom. The van der Waals surface area contributed by atoms with Crippen molar-refractivity contribution in [2.24, 2.45) is 4.74 Å². The van der Waals surface area contributed by atoms with E-state index in [1.165, 1.54) is 0 Å². The zero-order valence-electron chi connectivity index (χ0n) is 4.16. The first kappa shape index (κ1) is 11.7. The highest BCUT2D eigenvalue weighted by Gasteiger charge is 2.07. The Balaban J connectivity index is 4.61. The van der Waals surface area contributed by atoms with E-state index in [1.807, 2.05) is 0 Å². The third-order valence-electron chi connectivity index (χ3n) is 0.357. The molecular weight excluding hydrogens is 282 g/mol. The van der Waals surface area contributed by atoms with Crippen LogP contribution < -0.4 is 0 Å². The zero-order valence-corrected chi connectivity index (χ0v) is 9.59. The Kier molecular flexibility index (Phi) is 5.46. The van der Waals surface area contributed by atoms with Gasteiger partial charge in [-0.2, -0.15) is 0 Å². The van der Waals surface area contributed by atoms with Crippen LogP contribution in [0, 0.1) is 0 Å². The number of hydrogen-bond acceptors (Lipinski definition) is 1. The second-order valence-corrected chi connectivity index (χ2v) is 9.37. The maximum Gasteiger partial charge on any atom is 0.230 e. The third-order valence-corrected chi connectivity index (χ3v) is 2.41. The second-order valence-electron chi connectivity index (χ2n) is 1.07. The van der Waals surface area contributed by atoms with Crippen molar-refractivity contribution in [1.29, 1.82) is 0 Å². The Hall–Kier alpha value is 1.71. The van der Waals surface area contributed by atoms with Gasteiger partial charge in [0.05, 0.1) is 0 Å². The Morgan fingerprint density at radius 2 is 1.40 bits per heavy atom. The Morgan fingerprint density at radius 1 is 1.00 bits per heavy atom. The topological polar surface area (TPSA) is 12.4 Å². The molecule has 0 amide bonds. The van der Waals surface area contributed by atoms with Gasteiger partial charge in [-0.25, -0.2) is 4.74 Å². The highest BCUT2D eigenvalue weighted by atomic mass is 36.0. The predicted octanol–water partition coefficient (Wildman–Crippen LogP) is 5.49. The lowest BCUT2D eigenvalue weighted by atomic mass is 11.1. The molecule has 8 heteroatoms. The number of hydrogen-bond donors (Lipinski definition) is 0. The van der Waals surface area contributed by atoms with Gasteiger partial charge in [0.15, 0.2) is 5.16 Å². The van der Waals surface area contributed by atoms with Crippen LogP contribution in [-0.2, 0) is 0 Å². The van der Waals surface area contributed by atoms with Crippen LogP contribution in [-0.4, -0.2) is 0 Å². The smallest absolute Gasteiger partial charge is 0.208 e. The van der Waals surface area contributed by atoms with Crippen LogP contribution in [0.5, 0.6) is 0 Å². The molecule has 1 nitrogen and oxygen atoms in total. The minimum absolute atomic E-state index is 0.184. The number of nitrogens with zero attached hydrogens (tertiary/aromatic N) is 1. The summed E-state index contributed by atoms with van der Waals surface area (Å²) in [6.45, 7) is 0. The molecule has 0 heterocycles. The molecule has 0 N–H and O–H groups in total. The average molecular weight is 282 g/mol. The highest BCUT2D eigenvalue weighted by molar-refractivity contribution is 8.26. The van der Waals surface area contributed by atoms with Gasteiger partial charge in [-0.15, -0.1) is 0 Å². The molecule has 0 atom stereocenters. The van der Waals surface area contributed by atoms with Crippen molar-refractivity contribution in [2.75, 3.05) is 0 Å². The minimum atomic E-state index is -2.84. The fourth-order valence-electron chi connectivity index (χ4n) is 0.137. The van der Waals surface area contributed by atoms with Crippen molar-refractivity contribution in [3.63, 3.8) is 0 Å². The number of halogens is 6. The molecule has 0 spiro atoms. The van der Waals surface area contributed by atoms with Crippen LogP contribution in [0.1, 0.15) is 0 Å². The molecule has 0 aliphatic carbocycles. The SMILES string of the molecule is ClC(Cl)=C(Cl)N=P(Cl)(Cl)Cl. The molecule has 0 aliphatic rings. The van der Waals surface area contributed by atoms with Gasteiger partial charge in [-0.1, -0.05) is 34.8 Å². The van der Waals surface area contributed by atoms with Crippen molar-refractivity contribution in [3.8, 4) is 0 Å². The fourth-order valence-corrected chi connectivity index (χ4v) is 2.01. The van der Waals surface area contributed by atoms with Crippen LogP contribution in [0.4, 0.5) is 0 Å². The van der Waals surface area contributed by atoms with E-state index in [-0.39, 0.29) is 9.65 Å². The molecule has 0 aromatic rings. The van der Waals surface area contributed by atoms with Gasteiger partial charge in [-0.3, -0.25) is 0 Å². The number of rotatable bonds is 1. The van der Waals surface area contributed by atoms with Gasteiger partial charge in [0, 0.05) is 0 Å². The van der Waals surface area contributed by atoms with E-state index >= 15 is 0 Å². The lowest BCUT2D eigenvalue weighted by Gasteiger charge is -1.95. The summed E-state index contributed by atoms with van der Waals surface area (Å²) in [4.78, 5) is 0. The molecule has 0 aliphatic heterocycles. The second kappa shape index (κ2) is 4.67. The van der Waals surface area contributed by atoms with Gasteiger partial charge in [0.1, 0.15) is 4.49 Å². The highest BCUT2D eigenvalue weighted by Crippen LogP contribution is 2.66. The first-order chi connectivity index (χ1) is 4.33. The summed E-state index contributed by atoms with van der Waals surface area (Å²) in [5, 5.41) is -3.03. The lowest BCUT2D eigenvalue weighted by molar-refractivity contribution is 1.58. The van der Waals surface area contributed by atoms with Crippen molar-refractivity contribution in [3.05, 3.63) is 9.65 Å². The molecule has 0 fully saturated rings. The molecule has 10 heavy (non-hydrogen) atoms.